The summed E-state index contributed by atoms with van der Waals surface area (Å²) in [6.07, 6.45) is 1.68. The maximum atomic E-state index is 13.8. The average molecular weight is 622 g/mol. The van der Waals surface area contributed by atoms with Gasteiger partial charge in [0, 0.05) is 29.3 Å². The van der Waals surface area contributed by atoms with Gasteiger partial charge in [0.15, 0.2) is 5.13 Å². The first-order valence-electron chi connectivity index (χ1n) is 12.3. The Morgan fingerprint density at radius 2 is 1.67 bits per heavy atom. The van der Waals surface area contributed by atoms with E-state index in [4.69, 9.17) is 4.98 Å². The molecule has 5 rings (SSSR count). The fourth-order valence-electron chi connectivity index (χ4n) is 4.11. The molecule has 0 aliphatic heterocycles. The highest BCUT2D eigenvalue weighted by atomic mass is 79.9. The van der Waals surface area contributed by atoms with Crippen molar-refractivity contribution >= 4 is 58.5 Å². The zero-order valence-electron chi connectivity index (χ0n) is 21.1. The molecule has 0 aliphatic carbocycles. The molecule has 0 atom stereocenters. The Morgan fingerprint density at radius 3 is 2.36 bits per heavy atom. The summed E-state index contributed by atoms with van der Waals surface area (Å²) in [4.78, 5) is 24.6. The molecular weight excluding hydrogens is 596 g/mol. The molecule has 0 N–H and O–H groups in total. The molecule has 0 aliphatic rings. The number of anilines is 1. The van der Waals surface area contributed by atoms with Crippen molar-refractivity contribution in [2.45, 2.75) is 24.9 Å². The highest BCUT2D eigenvalue weighted by Crippen LogP contribution is 2.32. The van der Waals surface area contributed by atoms with E-state index in [1.807, 2.05) is 73.7 Å². The number of sulfonamides is 1. The van der Waals surface area contributed by atoms with Gasteiger partial charge in [0.2, 0.25) is 10.0 Å². The van der Waals surface area contributed by atoms with E-state index in [9.17, 15) is 13.2 Å². The number of nitrogens with zero attached hydrogens (tertiary/aromatic N) is 4. The maximum absolute atomic E-state index is 13.8. The molecule has 0 bridgehead atoms. The van der Waals surface area contributed by atoms with Crippen LogP contribution in [-0.4, -0.2) is 35.1 Å². The summed E-state index contributed by atoms with van der Waals surface area (Å²) in [5, 5.41) is 0.537. The molecule has 0 spiro atoms. The summed E-state index contributed by atoms with van der Waals surface area (Å²) in [7, 11) is -3.75. The van der Waals surface area contributed by atoms with Gasteiger partial charge in [-0.25, -0.2) is 13.4 Å². The molecule has 0 saturated heterocycles. The number of amides is 1. The fraction of sp³-hybridized carbons (Fsp3) is 0.138. The number of hydrogen-bond donors (Lipinski definition) is 0. The third kappa shape index (κ3) is 6.09. The molecule has 0 unspecified atom stereocenters. The molecule has 3 aromatic carbocycles. The van der Waals surface area contributed by atoms with Crippen LogP contribution in [0.4, 0.5) is 5.13 Å². The average Bonchev–Trinajstić information content (AvgIpc) is 3.38. The number of aromatic nitrogens is 2. The number of benzene rings is 3. The van der Waals surface area contributed by atoms with Crippen LogP contribution in [0.5, 0.6) is 0 Å². The number of pyridine rings is 1. The molecule has 10 heteroatoms. The Balaban J connectivity index is 1.44. The lowest BCUT2D eigenvalue weighted by Crippen LogP contribution is -2.31. The van der Waals surface area contributed by atoms with Crippen LogP contribution in [0.1, 0.15) is 28.5 Å². The number of hydrogen-bond acceptors (Lipinski definition) is 6. The van der Waals surface area contributed by atoms with Crippen molar-refractivity contribution in [1.29, 1.82) is 0 Å². The van der Waals surface area contributed by atoms with E-state index >= 15 is 0 Å². The van der Waals surface area contributed by atoms with Crippen molar-refractivity contribution in [3.8, 4) is 0 Å². The van der Waals surface area contributed by atoms with Crippen molar-refractivity contribution < 1.29 is 13.2 Å². The van der Waals surface area contributed by atoms with Crippen LogP contribution < -0.4 is 4.90 Å². The van der Waals surface area contributed by atoms with Gasteiger partial charge in [0.1, 0.15) is 0 Å². The molecule has 0 fully saturated rings. The summed E-state index contributed by atoms with van der Waals surface area (Å²) >= 11 is 4.90. The minimum absolute atomic E-state index is 0.137. The van der Waals surface area contributed by atoms with Crippen LogP contribution in [-0.2, 0) is 23.1 Å². The number of carbonyl (C=O) groups is 1. The normalized spacial score (nSPS) is 11.7. The van der Waals surface area contributed by atoms with Crippen LogP contribution in [0.3, 0.4) is 0 Å². The molecular formula is C29H25BrN4O3S2. The quantitative estimate of drug-likeness (QED) is 0.187. The van der Waals surface area contributed by atoms with Gasteiger partial charge in [-0.2, -0.15) is 4.31 Å². The molecule has 39 heavy (non-hydrogen) atoms. The van der Waals surface area contributed by atoms with Gasteiger partial charge in [-0.1, -0.05) is 70.6 Å². The number of thiazole rings is 1. The second-order valence-corrected chi connectivity index (χ2v) is 12.6. The van der Waals surface area contributed by atoms with E-state index in [0.29, 0.717) is 22.9 Å². The minimum Gasteiger partial charge on any atom is -0.278 e. The van der Waals surface area contributed by atoms with Crippen molar-refractivity contribution in [3.63, 3.8) is 0 Å². The van der Waals surface area contributed by atoms with Crippen LogP contribution in [0.15, 0.2) is 107 Å². The lowest BCUT2D eigenvalue weighted by Gasteiger charge is -2.22. The Hall–Kier alpha value is -3.44. The lowest BCUT2D eigenvalue weighted by molar-refractivity contribution is 0.0984. The van der Waals surface area contributed by atoms with Crippen molar-refractivity contribution in [3.05, 3.63) is 118 Å². The molecule has 5 aromatic rings. The number of fused-ring (bicyclic) bond motifs is 1. The monoisotopic (exact) mass is 620 g/mol. The Bertz CT molecular complexity index is 1690. The van der Waals surface area contributed by atoms with Crippen molar-refractivity contribution in [2.75, 3.05) is 11.4 Å². The number of halogens is 1. The number of carbonyl (C=O) groups excluding carboxylic acids is 1. The van der Waals surface area contributed by atoms with E-state index in [-0.39, 0.29) is 23.9 Å². The molecule has 0 radical (unpaired) electrons. The first-order valence-corrected chi connectivity index (χ1v) is 15.3. The van der Waals surface area contributed by atoms with Crippen LogP contribution in [0.25, 0.3) is 10.2 Å². The smallest absolute Gasteiger partial charge is 0.260 e. The second kappa shape index (κ2) is 11.7. The minimum atomic E-state index is -3.75. The Kier molecular flexibility index (Phi) is 8.18. The second-order valence-electron chi connectivity index (χ2n) is 8.76. The van der Waals surface area contributed by atoms with Gasteiger partial charge in [-0.15, -0.1) is 0 Å². The van der Waals surface area contributed by atoms with Gasteiger partial charge in [-0.3, -0.25) is 14.7 Å². The molecule has 198 valence electrons. The van der Waals surface area contributed by atoms with Crippen molar-refractivity contribution in [1.82, 2.24) is 14.3 Å². The van der Waals surface area contributed by atoms with E-state index in [1.54, 1.807) is 23.2 Å². The predicted octanol–water partition coefficient (Wildman–Crippen LogP) is 6.51. The molecule has 2 heterocycles. The van der Waals surface area contributed by atoms with Crippen LogP contribution in [0, 0.1) is 0 Å². The molecule has 2 aromatic heterocycles. The largest absolute Gasteiger partial charge is 0.278 e. The first-order chi connectivity index (χ1) is 18.8. The van der Waals surface area contributed by atoms with Gasteiger partial charge in [0.05, 0.1) is 27.4 Å². The Morgan fingerprint density at radius 1 is 0.923 bits per heavy atom. The van der Waals surface area contributed by atoms with E-state index in [2.05, 4.69) is 20.9 Å². The SMILES string of the molecule is CCN(Cc1ccccc1)S(=O)(=O)c1ccc(C(=O)N(Cc2ccccn2)c2nc3ccc(Br)cc3s2)cc1. The predicted molar refractivity (Wildman–Crippen MR) is 158 cm³/mol. The number of rotatable bonds is 9. The van der Waals surface area contributed by atoms with Crippen LogP contribution >= 0.6 is 27.3 Å². The molecule has 7 nitrogen and oxygen atoms in total. The van der Waals surface area contributed by atoms with E-state index in [1.165, 1.54) is 27.8 Å². The third-order valence-corrected chi connectivity index (χ3v) is 9.62. The molecule has 0 saturated carbocycles. The van der Waals surface area contributed by atoms with Gasteiger partial charge in [-0.05, 0) is 60.2 Å². The van der Waals surface area contributed by atoms with Gasteiger partial charge < -0.3 is 0 Å². The standard InChI is InChI=1S/C29H25BrN4O3S2/c1-2-33(19-21-8-4-3-5-9-21)39(36,37)25-14-11-22(12-15-25)28(35)34(20-24-10-6-7-17-31-24)29-32-26-16-13-23(30)18-27(26)38-29/h3-18H,2,19-20H2,1H3. The molecule has 1 amide bonds. The summed E-state index contributed by atoms with van der Waals surface area (Å²) in [6, 6.07) is 26.9. The zero-order valence-corrected chi connectivity index (χ0v) is 24.3. The topological polar surface area (TPSA) is 83.5 Å². The zero-order chi connectivity index (χ0) is 27.4. The van der Waals surface area contributed by atoms with E-state index < -0.39 is 10.0 Å². The third-order valence-electron chi connectivity index (χ3n) is 6.16. The highest BCUT2D eigenvalue weighted by molar-refractivity contribution is 9.10. The van der Waals surface area contributed by atoms with Gasteiger partial charge in [0.25, 0.3) is 5.91 Å². The van der Waals surface area contributed by atoms with Crippen molar-refractivity contribution in [2.24, 2.45) is 0 Å². The summed E-state index contributed by atoms with van der Waals surface area (Å²) < 4.78 is 30.1. The Labute approximate surface area is 239 Å². The highest BCUT2D eigenvalue weighted by Gasteiger charge is 2.26. The maximum Gasteiger partial charge on any atom is 0.260 e. The summed E-state index contributed by atoms with van der Waals surface area (Å²) in [6.45, 7) is 2.63. The fourth-order valence-corrected chi connectivity index (χ4v) is 7.06. The van der Waals surface area contributed by atoms with Gasteiger partial charge >= 0.3 is 0 Å². The summed E-state index contributed by atoms with van der Waals surface area (Å²) in [5.74, 6) is -0.292. The van der Waals surface area contributed by atoms with Crippen LogP contribution in [0.2, 0.25) is 0 Å². The lowest BCUT2D eigenvalue weighted by atomic mass is 10.2. The van der Waals surface area contributed by atoms with E-state index in [0.717, 1.165) is 20.3 Å². The summed E-state index contributed by atoms with van der Waals surface area (Å²) in [5.41, 5.74) is 2.76. The first kappa shape index (κ1) is 27.1.